The van der Waals surface area contributed by atoms with Crippen LogP contribution in [0.25, 0.3) is 16.9 Å². The zero-order valence-corrected chi connectivity index (χ0v) is 13.4. The van der Waals surface area contributed by atoms with Crippen LogP contribution < -0.4 is 5.73 Å². The molecule has 0 aliphatic heterocycles. The van der Waals surface area contributed by atoms with E-state index in [9.17, 15) is 0 Å². The average Bonchev–Trinajstić information content (AvgIpc) is 2.88. The van der Waals surface area contributed by atoms with Gasteiger partial charge >= 0.3 is 0 Å². The first-order valence-electron chi connectivity index (χ1n) is 6.19. The summed E-state index contributed by atoms with van der Waals surface area (Å²) < 4.78 is 4.64. The van der Waals surface area contributed by atoms with Gasteiger partial charge in [-0.1, -0.05) is 27.5 Å². The van der Waals surface area contributed by atoms with Crippen molar-refractivity contribution in [3.05, 3.63) is 33.4 Å². The Labute approximate surface area is 129 Å². The van der Waals surface area contributed by atoms with Crippen molar-refractivity contribution >= 4 is 44.6 Å². The van der Waals surface area contributed by atoms with Crippen molar-refractivity contribution in [3.63, 3.8) is 0 Å². The molecule has 0 saturated carbocycles. The second kappa shape index (κ2) is 4.79. The third kappa shape index (κ3) is 1.91. The molecule has 0 amide bonds. The zero-order chi connectivity index (χ0) is 14.4. The van der Waals surface area contributed by atoms with E-state index in [1.165, 1.54) is 0 Å². The molecule has 2 N–H and O–H groups in total. The lowest BCUT2D eigenvalue weighted by Crippen LogP contribution is -2.07. The number of anilines is 1. The molecule has 20 heavy (non-hydrogen) atoms. The lowest BCUT2D eigenvalue weighted by atomic mass is 10.3. The van der Waals surface area contributed by atoms with Gasteiger partial charge in [0.05, 0.1) is 16.4 Å². The number of nitrogens with two attached hydrogens (primary N) is 1. The third-order valence-corrected chi connectivity index (χ3v) is 3.98. The maximum Gasteiger partial charge on any atom is 0.207 e. The Hall–Kier alpha value is -1.53. The molecule has 7 heteroatoms. The van der Waals surface area contributed by atoms with E-state index in [0.29, 0.717) is 11.0 Å². The van der Waals surface area contributed by atoms with Crippen molar-refractivity contribution in [1.82, 2.24) is 19.3 Å². The normalized spacial score (nSPS) is 11.4. The van der Waals surface area contributed by atoms with Crippen LogP contribution in [-0.4, -0.2) is 19.3 Å². The Morgan fingerprint density at radius 1 is 1.40 bits per heavy atom. The van der Waals surface area contributed by atoms with E-state index in [0.717, 1.165) is 33.6 Å². The number of fused-ring (bicyclic) bond motifs is 1. The third-order valence-electron chi connectivity index (χ3n) is 3.19. The molecule has 0 unspecified atom stereocenters. The highest BCUT2D eigenvalue weighted by atomic mass is 79.9. The molecule has 2 heterocycles. The number of nitrogen functional groups attached to an aromatic ring is 1. The molecule has 0 fully saturated rings. The van der Waals surface area contributed by atoms with Crippen LogP contribution in [-0.2, 0) is 6.54 Å². The summed E-state index contributed by atoms with van der Waals surface area (Å²) in [4.78, 5) is 4.41. The standard InChI is InChI=1S/C13H13BrClN5/c1-3-19-12-11(7(2)18-19)17-13(16)20(12)10-5-4-8(14)6-9(10)15/h4-6H,3H2,1-2H3,(H2,16,17). The van der Waals surface area contributed by atoms with E-state index in [-0.39, 0.29) is 0 Å². The van der Waals surface area contributed by atoms with Gasteiger partial charge in [-0.25, -0.2) is 9.67 Å². The molecule has 104 valence electrons. The molecule has 0 aliphatic carbocycles. The number of halogens is 2. The number of imidazole rings is 1. The van der Waals surface area contributed by atoms with Crippen LogP contribution in [0.1, 0.15) is 12.6 Å². The number of hydrogen-bond acceptors (Lipinski definition) is 3. The van der Waals surface area contributed by atoms with E-state index in [2.05, 4.69) is 26.0 Å². The Bertz CT molecular complexity index is 805. The van der Waals surface area contributed by atoms with Crippen LogP contribution in [0.15, 0.2) is 22.7 Å². The van der Waals surface area contributed by atoms with Crippen molar-refractivity contribution in [1.29, 1.82) is 0 Å². The molecule has 5 nitrogen and oxygen atoms in total. The van der Waals surface area contributed by atoms with Gasteiger partial charge in [-0.3, -0.25) is 4.57 Å². The minimum Gasteiger partial charge on any atom is -0.369 e. The van der Waals surface area contributed by atoms with Crippen LogP contribution in [0, 0.1) is 6.92 Å². The average molecular weight is 355 g/mol. The van der Waals surface area contributed by atoms with Gasteiger partial charge in [0.2, 0.25) is 5.95 Å². The molecule has 0 saturated heterocycles. The summed E-state index contributed by atoms with van der Waals surface area (Å²) >= 11 is 9.73. The van der Waals surface area contributed by atoms with Gasteiger partial charge in [-0.05, 0) is 32.0 Å². The lowest BCUT2D eigenvalue weighted by Gasteiger charge is -2.10. The minimum atomic E-state index is 0.409. The molecule has 0 bridgehead atoms. The summed E-state index contributed by atoms with van der Waals surface area (Å²) in [5.74, 6) is 0.409. The molecular formula is C13H13BrClN5. The van der Waals surface area contributed by atoms with E-state index >= 15 is 0 Å². The predicted molar refractivity (Wildman–Crippen MR) is 84.4 cm³/mol. The molecule has 2 aromatic heterocycles. The zero-order valence-electron chi connectivity index (χ0n) is 11.1. The molecule has 3 aromatic rings. The van der Waals surface area contributed by atoms with Crippen LogP contribution >= 0.6 is 27.5 Å². The second-order valence-electron chi connectivity index (χ2n) is 4.47. The van der Waals surface area contributed by atoms with Gasteiger partial charge < -0.3 is 5.73 Å². The van der Waals surface area contributed by atoms with E-state index in [1.807, 2.05) is 41.3 Å². The number of hydrogen-bond donors (Lipinski definition) is 1. The lowest BCUT2D eigenvalue weighted by molar-refractivity contribution is 0.663. The molecule has 1 aromatic carbocycles. The SMILES string of the molecule is CCn1nc(C)c2nc(N)n(-c3ccc(Br)cc3Cl)c21. The number of rotatable bonds is 2. The smallest absolute Gasteiger partial charge is 0.207 e. The van der Waals surface area contributed by atoms with Crippen molar-refractivity contribution in [2.24, 2.45) is 0 Å². The Morgan fingerprint density at radius 3 is 2.80 bits per heavy atom. The maximum atomic E-state index is 6.33. The summed E-state index contributed by atoms with van der Waals surface area (Å²) in [6, 6.07) is 5.67. The summed E-state index contributed by atoms with van der Waals surface area (Å²) in [6.45, 7) is 4.70. The Kier molecular flexibility index (Phi) is 3.22. The first-order chi connectivity index (χ1) is 9.52. The largest absolute Gasteiger partial charge is 0.369 e. The fourth-order valence-electron chi connectivity index (χ4n) is 2.31. The predicted octanol–water partition coefficient (Wildman–Crippen LogP) is 3.55. The topological polar surface area (TPSA) is 61.7 Å². The van der Waals surface area contributed by atoms with Gasteiger partial charge in [-0.2, -0.15) is 5.10 Å². The Balaban J connectivity index is 2.38. The monoisotopic (exact) mass is 353 g/mol. The fraction of sp³-hybridized carbons (Fsp3) is 0.231. The highest BCUT2D eigenvalue weighted by molar-refractivity contribution is 9.10. The van der Waals surface area contributed by atoms with Crippen molar-refractivity contribution in [3.8, 4) is 5.69 Å². The van der Waals surface area contributed by atoms with Crippen molar-refractivity contribution in [2.75, 3.05) is 5.73 Å². The van der Waals surface area contributed by atoms with Gasteiger partial charge in [0, 0.05) is 11.0 Å². The highest BCUT2D eigenvalue weighted by Crippen LogP contribution is 2.31. The van der Waals surface area contributed by atoms with Crippen LogP contribution in [0.4, 0.5) is 5.95 Å². The van der Waals surface area contributed by atoms with Gasteiger partial charge in [-0.15, -0.1) is 0 Å². The van der Waals surface area contributed by atoms with Gasteiger partial charge in [0.1, 0.15) is 5.52 Å². The van der Waals surface area contributed by atoms with Gasteiger partial charge in [0.25, 0.3) is 0 Å². The van der Waals surface area contributed by atoms with Crippen molar-refractivity contribution in [2.45, 2.75) is 20.4 Å². The molecular weight excluding hydrogens is 342 g/mol. The number of benzene rings is 1. The summed E-state index contributed by atoms with van der Waals surface area (Å²) in [6.07, 6.45) is 0. The number of nitrogens with zero attached hydrogens (tertiary/aromatic N) is 4. The van der Waals surface area contributed by atoms with Crippen LogP contribution in [0.3, 0.4) is 0 Å². The first kappa shape index (κ1) is 13.5. The summed E-state index contributed by atoms with van der Waals surface area (Å²) in [5, 5.41) is 5.07. The van der Waals surface area contributed by atoms with Crippen LogP contribution in [0.5, 0.6) is 0 Å². The summed E-state index contributed by atoms with van der Waals surface area (Å²) in [7, 11) is 0. The highest BCUT2D eigenvalue weighted by Gasteiger charge is 2.19. The van der Waals surface area contributed by atoms with E-state index in [4.69, 9.17) is 17.3 Å². The summed E-state index contributed by atoms with van der Waals surface area (Å²) in [5.41, 5.74) is 9.40. The molecule has 0 radical (unpaired) electrons. The molecule has 0 spiro atoms. The van der Waals surface area contributed by atoms with Crippen LogP contribution in [0.2, 0.25) is 5.02 Å². The fourth-order valence-corrected chi connectivity index (χ4v) is 3.06. The quantitative estimate of drug-likeness (QED) is 0.765. The Morgan fingerprint density at radius 2 is 2.15 bits per heavy atom. The minimum absolute atomic E-state index is 0.409. The molecule has 3 rings (SSSR count). The number of aromatic nitrogens is 4. The van der Waals surface area contributed by atoms with E-state index in [1.54, 1.807) is 0 Å². The van der Waals surface area contributed by atoms with E-state index < -0.39 is 0 Å². The first-order valence-corrected chi connectivity index (χ1v) is 7.36. The molecule has 0 atom stereocenters. The molecule has 0 aliphatic rings. The second-order valence-corrected chi connectivity index (χ2v) is 5.80. The maximum absolute atomic E-state index is 6.33. The van der Waals surface area contributed by atoms with Gasteiger partial charge in [0.15, 0.2) is 5.65 Å². The van der Waals surface area contributed by atoms with Crippen molar-refractivity contribution < 1.29 is 0 Å². The number of aryl methyl sites for hydroxylation is 2.